The Hall–Kier alpha value is -3.67. The van der Waals surface area contributed by atoms with E-state index in [0.717, 1.165) is 17.0 Å². The first kappa shape index (κ1) is 22.5. The number of H-pyrrole nitrogens is 1. The quantitative estimate of drug-likeness (QED) is 0.579. The Labute approximate surface area is 188 Å². The van der Waals surface area contributed by atoms with Gasteiger partial charge in [0.05, 0.1) is 18.8 Å². The molecule has 0 spiro atoms. The highest BCUT2D eigenvalue weighted by Gasteiger charge is 2.33. The highest BCUT2D eigenvalue weighted by Crippen LogP contribution is 2.31. The molecule has 1 aromatic heterocycles. The minimum Gasteiger partial charge on any atom is -0.443 e. The van der Waals surface area contributed by atoms with Crippen LogP contribution in [-0.2, 0) is 9.53 Å². The number of aromatic nitrogens is 1. The van der Waals surface area contributed by atoms with Crippen molar-refractivity contribution in [2.45, 2.75) is 6.10 Å². The molecule has 176 valence electrons. The Kier molecular flexibility index (Phi) is 6.45. The average Bonchev–Trinajstić information content (AvgIpc) is 3.47. The number of rotatable bonds is 6. The van der Waals surface area contributed by atoms with Crippen LogP contribution in [0.5, 0.6) is 0 Å². The van der Waals surface area contributed by atoms with Gasteiger partial charge in [-0.15, -0.1) is 0 Å². The molecule has 0 unspecified atom stereocenters. The molecule has 1 atom stereocenters. The number of nitrogens with zero attached hydrogens (tertiary/aromatic N) is 3. The zero-order valence-electron chi connectivity index (χ0n) is 17.7. The van der Waals surface area contributed by atoms with E-state index in [0.29, 0.717) is 5.69 Å². The van der Waals surface area contributed by atoms with Gasteiger partial charge in [0.25, 0.3) is 5.91 Å². The molecule has 10 nitrogen and oxygen atoms in total. The zero-order valence-corrected chi connectivity index (χ0v) is 17.7. The molecule has 2 aliphatic heterocycles. The molecule has 0 radical (unpaired) electrons. The zero-order chi connectivity index (χ0) is 23.5. The third-order valence-corrected chi connectivity index (χ3v) is 5.64. The van der Waals surface area contributed by atoms with Crippen molar-refractivity contribution in [3.8, 4) is 0 Å². The molecule has 0 saturated carbocycles. The van der Waals surface area contributed by atoms with E-state index in [1.165, 1.54) is 9.80 Å². The summed E-state index contributed by atoms with van der Waals surface area (Å²) >= 11 is 0. The van der Waals surface area contributed by atoms with Crippen molar-refractivity contribution in [1.82, 2.24) is 15.2 Å². The number of carbonyl (C=O) groups excluding carboxylic acids is 3. The monoisotopic (exact) mass is 462 g/mol. The van der Waals surface area contributed by atoms with Gasteiger partial charge >= 0.3 is 6.09 Å². The Morgan fingerprint density at radius 2 is 1.88 bits per heavy atom. The second kappa shape index (κ2) is 9.45. The molecule has 2 saturated heterocycles. The minimum atomic E-state index is -0.813. The summed E-state index contributed by atoms with van der Waals surface area (Å²) in [5.41, 5.74) is 5.69. The number of aromatic amines is 1. The fourth-order valence-electron chi connectivity index (χ4n) is 3.88. The molecular formula is C21H24F2N6O4. The molecule has 3 amide bonds. The fraction of sp³-hybridized carbons (Fsp3) is 0.381. The number of ether oxygens (including phenoxy) is 1. The predicted molar refractivity (Wildman–Crippen MR) is 115 cm³/mol. The van der Waals surface area contributed by atoms with Crippen molar-refractivity contribution in [3.05, 3.63) is 47.8 Å². The predicted octanol–water partition coefficient (Wildman–Crippen LogP) is 0.655. The topological polar surface area (TPSA) is 124 Å². The van der Waals surface area contributed by atoms with Crippen LogP contribution in [0.2, 0.25) is 0 Å². The number of hydrogen-bond acceptors (Lipinski definition) is 6. The van der Waals surface area contributed by atoms with Crippen LogP contribution < -0.4 is 20.9 Å². The number of halogens is 2. The lowest BCUT2D eigenvalue weighted by Gasteiger charge is -2.36. The Morgan fingerprint density at radius 3 is 2.45 bits per heavy atom. The second-order valence-corrected chi connectivity index (χ2v) is 7.74. The molecule has 12 heteroatoms. The molecule has 3 heterocycles. The van der Waals surface area contributed by atoms with Crippen molar-refractivity contribution in [1.29, 1.82) is 0 Å². The molecule has 0 aliphatic carbocycles. The van der Waals surface area contributed by atoms with Crippen LogP contribution in [0, 0.1) is 11.6 Å². The summed E-state index contributed by atoms with van der Waals surface area (Å²) in [6.07, 6.45) is 0.378. The first-order chi connectivity index (χ1) is 15.9. The number of nitrogens with one attached hydrogen (secondary N) is 2. The number of piperazine rings is 1. The first-order valence-electron chi connectivity index (χ1n) is 10.5. The van der Waals surface area contributed by atoms with Crippen LogP contribution in [0.3, 0.4) is 0 Å². The SMILES string of the molecule is NC[C@H]1CN(c2cc(F)c(N3CCN(C(=O)CNC(=O)c4ccc[nH]4)CC3)c(F)c2)C(=O)O1. The summed E-state index contributed by atoms with van der Waals surface area (Å²) in [4.78, 5) is 43.2. The van der Waals surface area contributed by atoms with Gasteiger partial charge in [0.1, 0.15) is 17.5 Å². The number of carbonyl (C=O) groups is 3. The van der Waals surface area contributed by atoms with E-state index in [4.69, 9.17) is 10.5 Å². The maximum absolute atomic E-state index is 14.8. The first-order valence-corrected chi connectivity index (χ1v) is 10.5. The van der Waals surface area contributed by atoms with Gasteiger partial charge in [-0.3, -0.25) is 14.5 Å². The maximum Gasteiger partial charge on any atom is 0.414 e. The molecule has 1 aromatic carbocycles. The van der Waals surface area contributed by atoms with Gasteiger partial charge < -0.3 is 30.6 Å². The summed E-state index contributed by atoms with van der Waals surface area (Å²) in [5, 5.41) is 2.54. The standard InChI is InChI=1S/C21H24F2N6O4/c22-15-8-13(29-12-14(10-24)33-21(29)32)9-16(23)19(15)28-6-4-27(5-7-28)18(30)11-26-20(31)17-2-1-3-25-17/h1-3,8-9,14,25H,4-7,10-12,24H2,(H,26,31)/t14-/m0/s1. The Morgan fingerprint density at radius 1 is 1.18 bits per heavy atom. The fourth-order valence-corrected chi connectivity index (χ4v) is 3.88. The number of hydrogen-bond donors (Lipinski definition) is 3. The second-order valence-electron chi connectivity index (χ2n) is 7.74. The number of anilines is 2. The summed E-state index contributed by atoms with van der Waals surface area (Å²) in [7, 11) is 0. The highest BCUT2D eigenvalue weighted by atomic mass is 19.1. The van der Waals surface area contributed by atoms with E-state index < -0.39 is 29.7 Å². The summed E-state index contributed by atoms with van der Waals surface area (Å²) in [6, 6.07) is 5.45. The van der Waals surface area contributed by atoms with E-state index in [9.17, 15) is 23.2 Å². The van der Waals surface area contributed by atoms with Gasteiger partial charge in [0, 0.05) is 51.1 Å². The van der Waals surface area contributed by atoms with Crippen molar-refractivity contribution in [2.75, 3.05) is 55.6 Å². The van der Waals surface area contributed by atoms with Crippen molar-refractivity contribution >= 4 is 29.3 Å². The molecule has 2 fully saturated rings. The van der Waals surface area contributed by atoms with E-state index >= 15 is 0 Å². The van der Waals surface area contributed by atoms with Gasteiger partial charge in [-0.2, -0.15) is 0 Å². The molecular weight excluding hydrogens is 438 g/mol. The third-order valence-electron chi connectivity index (χ3n) is 5.64. The van der Waals surface area contributed by atoms with Crippen LogP contribution in [0.4, 0.5) is 25.0 Å². The van der Waals surface area contributed by atoms with Crippen molar-refractivity contribution < 1.29 is 27.9 Å². The van der Waals surface area contributed by atoms with E-state index in [-0.39, 0.29) is 63.1 Å². The highest BCUT2D eigenvalue weighted by molar-refractivity contribution is 5.95. The molecule has 2 aromatic rings. The van der Waals surface area contributed by atoms with Gasteiger partial charge in [-0.05, 0) is 12.1 Å². The van der Waals surface area contributed by atoms with Crippen LogP contribution >= 0.6 is 0 Å². The summed E-state index contributed by atoms with van der Waals surface area (Å²) in [5.74, 6) is -2.30. The molecule has 2 aliphatic rings. The Balaban J connectivity index is 1.35. The Bertz CT molecular complexity index is 1020. The lowest BCUT2D eigenvalue weighted by atomic mass is 10.2. The maximum atomic E-state index is 14.8. The van der Waals surface area contributed by atoms with Gasteiger partial charge in [0.2, 0.25) is 5.91 Å². The molecule has 4 N–H and O–H groups in total. The van der Waals surface area contributed by atoms with Crippen LogP contribution in [0.15, 0.2) is 30.5 Å². The van der Waals surface area contributed by atoms with Gasteiger partial charge in [-0.1, -0.05) is 0 Å². The molecule has 33 heavy (non-hydrogen) atoms. The van der Waals surface area contributed by atoms with E-state index in [1.807, 2.05) is 0 Å². The lowest BCUT2D eigenvalue weighted by molar-refractivity contribution is -0.130. The average molecular weight is 462 g/mol. The van der Waals surface area contributed by atoms with E-state index in [1.54, 1.807) is 18.3 Å². The van der Waals surface area contributed by atoms with Gasteiger partial charge in [-0.25, -0.2) is 13.6 Å². The van der Waals surface area contributed by atoms with Crippen LogP contribution in [-0.4, -0.2) is 79.7 Å². The number of amides is 3. The number of nitrogens with two attached hydrogens (primary N) is 1. The molecule has 4 rings (SSSR count). The smallest absolute Gasteiger partial charge is 0.414 e. The number of benzene rings is 1. The number of cyclic esters (lactones) is 1. The summed E-state index contributed by atoms with van der Waals surface area (Å²) < 4.78 is 34.7. The van der Waals surface area contributed by atoms with Gasteiger partial charge in [0.15, 0.2) is 11.6 Å². The van der Waals surface area contributed by atoms with Crippen molar-refractivity contribution in [2.24, 2.45) is 5.73 Å². The summed E-state index contributed by atoms with van der Waals surface area (Å²) in [6.45, 7) is 0.974. The normalized spacial score (nSPS) is 18.5. The van der Waals surface area contributed by atoms with Crippen molar-refractivity contribution in [3.63, 3.8) is 0 Å². The minimum absolute atomic E-state index is 0.0568. The largest absolute Gasteiger partial charge is 0.443 e. The lowest BCUT2D eigenvalue weighted by Crippen LogP contribution is -2.51. The third kappa shape index (κ3) is 4.75. The van der Waals surface area contributed by atoms with E-state index in [2.05, 4.69) is 10.3 Å². The van der Waals surface area contributed by atoms with Crippen LogP contribution in [0.25, 0.3) is 0 Å². The van der Waals surface area contributed by atoms with Crippen LogP contribution in [0.1, 0.15) is 10.5 Å². The molecule has 0 bridgehead atoms.